The lowest BCUT2D eigenvalue weighted by Crippen LogP contribution is -2.19. The summed E-state index contributed by atoms with van der Waals surface area (Å²) in [5, 5.41) is 8.40. The minimum atomic E-state index is -1.57. The average Bonchev–Trinajstić information content (AvgIpc) is 2.26. The summed E-state index contributed by atoms with van der Waals surface area (Å²) in [6.45, 7) is 1.83. The fraction of sp³-hybridized carbons (Fsp3) is 0.273. The highest BCUT2D eigenvalue weighted by atomic mass is 16.6. The van der Waals surface area contributed by atoms with Gasteiger partial charge in [-0.2, -0.15) is 0 Å². The lowest BCUT2D eigenvalue weighted by atomic mass is 10.1. The van der Waals surface area contributed by atoms with E-state index in [1.54, 1.807) is 12.1 Å². The lowest BCUT2D eigenvalue weighted by molar-refractivity contribution is -0.167. The SMILES string of the molecule is CCC(OC(=O)C(=O)O)c1ccccc1. The minimum Gasteiger partial charge on any atom is -0.473 e. The number of carbonyl (C=O) groups is 2. The van der Waals surface area contributed by atoms with Crippen LogP contribution in [0, 0.1) is 0 Å². The van der Waals surface area contributed by atoms with Crippen molar-refractivity contribution in [3.05, 3.63) is 35.9 Å². The van der Waals surface area contributed by atoms with Crippen LogP contribution >= 0.6 is 0 Å². The van der Waals surface area contributed by atoms with Gasteiger partial charge in [0.2, 0.25) is 0 Å². The lowest BCUT2D eigenvalue weighted by Gasteiger charge is -2.14. The van der Waals surface area contributed by atoms with Crippen LogP contribution in [0.5, 0.6) is 0 Å². The summed E-state index contributed by atoms with van der Waals surface area (Å²) in [5.41, 5.74) is 0.801. The first-order chi connectivity index (χ1) is 7.15. The molecule has 0 aliphatic carbocycles. The molecule has 0 amide bonds. The van der Waals surface area contributed by atoms with Gasteiger partial charge < -0.3 is 9.84 Å². The van der Waals surface area contributed by atoms with E-state index < -0.39 is 18.0 Å². The zero-order valence-corrected chi connectivity index (χ0v) is 8.34. The van der Waals surface area contributed by atoms with E-state index in [0.29, 0.717) is 6.42 Å². The van der Waals surface area contributed by atoms with Crippen molar-refractivity contribution < 1.29 is 19.4 Å². The fourth-order valence-electron chi connectivity index (χ4n) is 1.23. The molecule has 4 nitrogen and oxygen atoms in total. The van der Waals surface area contributed by atoms with Gasteiger partial charge in [0.25, 0.3) is 0 Å². The van der Waals surface area contributed by atoms with Crippen LogP contribution in [0.4, 0.5) is 0 Å². The van der Waals surface area contributed by atoms with Crippen molar-refractivity contribution in [1.82, 2.24) is 0 Å². The number of rotatable bonds is 3. The van der Waals surface area contributed by atoms with Crippen molar-refractivity contribution in [1.29, 1.82) is 0 Å². The van der Waals surface area contributed by atoms with E-state index in [4.69, 9.17) is 9.84 Å². The smallest absolute Gasteiger partial charge is 0.417 e. The van der Waals surface area contributed by atoms with Gasteiger partial charge in [0.15, 0.2) is 0 Å². The molecule has 0 spiro atoms. The third kappa shape index (κ3) is 3.09. The van der Waals surface area contributed by atoms with Gasteiger partial charge in [-0.3, -0.25) is 0 Å². The number of carboxylic acids is 1. The number of hydrogen-bond acceptors (Lipinski definition) is 3. The number of benzene rings is 1. The van der Waals surface area contributed by atoms with Crippen LogP contribution < -0.4 is 0 Å². The molecule has 4 heteroatoms. The summed E-state index contributed by atoms with van der Waals surface area (Å²) in [5.74, 6) is -2.78. The second kappa shape index (κ2) is 5.14. The second-order valence-corrected chi connectivity index (χ2v) is 3.02. The predicted molar refractivity (Wildman–Crippen MR) is 53.2 cm³/mol. The third-order valence-electron chi connectivity index (χ3n) is 1.97. The molecule has 0 saturated carbocycles. The van der Waals surface area contributed by atoms with Crippen LogP contribution in [0.3, 0.4) is 0 Å². The highest BCUT2D eigenvalue weighted by molar-refractivity contribution is 6.28. The van der Waals surface area contributed by atoms with Gasteiger partial charge in [0.1, 0.15) is 6.10 Å². The number of ether oxygens (including phenoxy) is 1. The van der Waals surface area contributed by atoms with Gasteiger partial charge in [-0.1, -0.05) is 37.3 Å². The van der Waals surface area contributed by atoms with Crippen molar-refractivity contribution in [2.75, 3.05) is 0 Å². The zero-order valence-electron chi connectivity index (χ0n) is 8.34. The minimum absolute atomic E-state index is 0.491. The monoisotopic (exact) mass is 208 g/mol. The van der Waals surface area contributed by atoms with Crippen LogP contribution in [0.1, 0.15) is 25.0 Å². The highest BCUT2D eigenvalue weighted by Crippen LogP contribution is 2.20. The summed E-state index contributed by atoms with van der Waals surface area (Å²) < 4.78 is 4.81. The molecule has 15 heavy (non-hydrogen) atoms. The summed E-state index contributed by atoms with van der Waals surface area (Å²) in [6.07, 6.45) is 0.0537. The summed E-state index contributed by atoms with van der Waals surface area (Å²) >= 11 is 0. The molecule has 1 aromatic carbocycles. The molecular weight excluding hydrogens is 196 g/mol. The fourth-order valence-corrected chi connectivity index (χ4v) is 1.23. The quantitative estimate of drug-likeness (QED) is 0.607. The molecule has 0 aromatic heterocycles. The molecule has 80 valence electrons. The zero-order chi connectivity index (χ0) is 11.3. The Morgan fingerprint density at radius 2 is 1.93 bits per heavy atom. The standard InChI is InChI=1S/C11H12O4/c1-2-9(15-11(14)10(12)13)8-6-4-3-5-7-8/h3-7,9H,2H2,1H3,(H,12,13). The molecule has 0 saturated heterocycles. The van der Waals surface area contributed by atoms with Crippen molar-refractivity contribution >= 4 is 11.9 Å². The van der Waals surface area contributed by atoms with E-state index >= 15 is 0 Å². The van der Waals surface area contributed by atoms with Gasteiger partial charge >= 0.3 is 11.9 Å². The summed E-state index contributed by atoms with van der Waals surface area (Å²) in [6, 6.07) is 9.06. The number of aliphatic carboxylic acids is 1. The average molecular weight is 208 g/mol. The van der Waals surface area contributed by atoms with Crippen LogP contribution in [0.25, 0.3) is 0 Å². The molecule has 0 aliphatic heterocycles. The Morgan fingerprint density at radius 3 is 2.40 bits per heavy atom. The largest absolute Gasteiger partial charge is 0.473 e. The van der Waals surface area contributed by atoms with Crippen molar-refractivity contribution in [2.24, 2.45) is 0 Å². The van der Waals surface area contributed by atoms with E-state index in [-0.39, 0.29) is 0 Å². The summed E-state index contributed by atoms with van der Waals surface area (Å²) in [4.78, 5) is 21.2. The summed E-state index contributed by atoms with van der Waals surface area (Å²) in [7, 11) is 0. The molecule has 0 radical (unpaired) electrons. The van der Waals surface area contributed by atoms with Gasteiger partial charge in [-0.05, 0) is 12.0 Å². The molecule has 1 aromatic rings. The first-order valence-corrected chi connectivity index (χ1v) is 4.64. The molecule has 0 aliphatic rings. The van der Waals surface area contributed by atoms with Crippen molar-refractivity contribution in [3.8, 4) is 0 Å². The number of hydrogen-bond donors (Lipinski definition) is 1. The van der Waals surface area contributed by atoms with E-state index in [1.807, 2.05) is 25.1 Å². The number of carboxylic acid groups (broad SMARTS) is 1. The Balaban J connectivity index is 2.73. The molecule has 1 rings (SSSR count). The second-order valence-electron chi connectivity index (χ2n) is 3.02. The molecule has 1 atom stereocenters. The normalized spacial score (nSPS) is 11.8. The maximum atomic E-state index is 10.9. The van der Waals surface area contributed by atoms with Crippen LogP contribution in [0.15, 0.2) is 30.3 Å². The van der Waals surface area contributed by atoms with Gasteiger partial charge in [0, 0.05) is 0 Å². The van der Waals surface area contributed by atoms with Crippen LogP contribution in [0.2, 0.25) is 0 Å². The van der Waals surface area contributed by atoms with Gasteiger partial charge in [0.05, 0.1) is 0 Å². The Hall–Kier alpha value is -1.84. The Morgan fingerprint density at radius 1 is 1.33 bits per heavy atom. The van der Waals surface area contributed by atoms with E-state index in [9.17, 15) is 9.59 Å². The van der Waals surface area contributed by atoms with E-state index in [1.165, 1.54) is 0 Å². The molecule has 0 heterocycles. The van der Waals surface area contributed by atoms with E-state index in [0.717, 1.165) is 5.56 Å². The topological polar surface area (TPSA) is 63.6 Å². The maximum Gasteiger partial charge on any atom is 0.417 e. The maximum absolute atomic E-state index is 10.9. The highest BCUT2D eigenvalue weighted by Gasteiger charge is 2.19. The van der Waals surface area contributed by atoms with Crippen LogP contribution in [-0.2, 0) is 14.3 Å². The molecule has 0 bridgehead atoms. The Kier molecular flexibility index (Phi) is 3.85. The first-order valence-electron chi connectivity index (χ1n) is 4.64. The van der Waals surface area contributed by atoms with Gasteiger partial charge in [-0.15, -0.1) is 0 Å². The number of carbonyl (C=O) groups excluding carboxylic acids is 1. The molecular formula is C11H12O4. The molecule has 1 unspecified atom stereocenters. The molecule has 0 fully saturated rings. The third-order valence-corrected chi connectivity index (χ3v) is 1.97. The Labute approximate surface area is 87.5 Å². The van der Waals surface area contributed by atoms with Crippen LogP contribution in [-0.4, -0.2) is 17.0 Å². The first kappa shape index (κ1) is 11.2. The number of esters is 1. The van der Waals surface area contributed by atoms with Crippen molar-refractivity contribution in [3.63, 3.8) is 0 Å². The Bertz CT molecular complexity index is 345. The van der Waals surface area contributed by atoms with Crippen molar-refractivity contribution in [2.45, 2.75) is 19.4 Å². The predicted octanol–water partition coefficient (Wildman–Crippen LogP) is 1.77. The van der Waals surface area contributed by atoms with Gasteiger partial charge in [-0.25, -0.2) is 9.59 Å². The molecule has 1 N–H and O–H groups in total. The van der Waals surface area contributed by atoms with E-state index in [2.05, 4.69) is 0 Å².